The van der Waals surface area contributed by atoms with Crippen LogP contribution in [-0.4, -0.2) is 0 Å². The molecule has 1 nitrogen and oxygen atoms in total. The maximum absolute atomic E-state index is 2.46. The largest absolute Gasteiger partial charge is 0.309 e. The Morgan fingerprint density at radius 3 is 1.69 bits per heavy atom. The first kappa shape index (κ1) is 32.0. The summed E-state index contributed by atoms with van der Waals surface area (Å²) in [5.41, 5.74) is 10.8. The van der Waals surface area contributed by atoms with Crippen LogP contribution < -0.4 is 4.90 Å². The lowest BCUT2D eigenvalue weighted by atomic mass is 9.97. The maximum atomic E-state index is 2.46. The Morgan fingerprint density at radius 2 is 0.909 bits per heavy atom. The van der Waals surface area contributed by atoms with Gasteiger partial charge in [0.15, 0.2) is 0 Å². The number of benzene rings is 9. The highest BCUT2D eigenvalue weighted by atomic mass is 32.1. The molecule has 0 spiro atoms. The summed E-state index contributed by atoms with van der Waals surface area (Å²) >= 11 is 3.75. The summed E-state index contributed by atoms with van der Waals surface area (Å²) in [5, 5.41) is 7.75. The molecule has 0 aliphatic carbocycles. The molecule has 0 unspecified atom stereocenters. The fourth-order valence-corrected chi connectivity index (χ4v) is 10.5. The van der Waals surface area contributed by atoms with Gasteiger partial charge in [-0.05, 0) is 92.7 Å². The van der Waals surface area contributed by atoms with Crippen LogP contribution in [0, 0.1) is 0 Å². The Labute approximate surface area is 327 Å². The van der Waals surface area contributed by atoms with Crippen molar-refractivity contribution < 1.29 is 0 Å². The summed E-state index contributed by atoms with van der Waals surface area (Å²) in [6.07, 6.45) is 0. The second kappa shape index (κ2) is 13.1. The topological polar surface area (TPSA) is 3.24 Å². The molecular formula is C52H33NS2. The monoisotopic (exact) mass is 735 g/mol. The molecule has 0 N–H and O–H groups in total. The number of hydrogen-bond donors (Lipinski definition) is 0. The van der Waals surface area contributed by atoms with Crippen molar-refractivity contribution in [2.24, 2.45) is 0 Å². The van der Waals surface area contributed by atoms with Crippen LogP contribution in [0.3, 0.4) is 0 Å². The lowest BCUT2D eigenvalue weighted by Gasteiger charge is -2.27. The van der Waals surface area contributed by atoms with E-state index in [1.165, 1.54) is 90.2 Å². The van der Waals surface area contributed by atoms with Gasteiger partial charge < -0.3 is 4.90 Å². The first-order valence-corrected chi connectivity index (χ1v) is 20.3. The Morgan fingerprint density at radius 1 is 0.327 bits per heavy atom. The first-order valence-electron chi connectivity index (χ1n) is 18.7. The molecule has 0 saturated heterocycles. The van der Waals surface area contributed by atoms with Crippen LogP contribution in [0.5, 0.6) is 0 Å². The molecular weight excluding hydrogens is 703 g/mol. The van der Waals surface area contributed by atoms with Gasteiger partial charge in [-0.15, -0.1) is 22.7 Å². The number of thiophene rings is 2. The van der Waals surface area contributed by atoms with Crippen LogP contribution >= 0.6 is 22.7 Å². The predicted octanol–water partition coefficient (Wildman–Crippen LogP) is 16.0. The summed E-state index contributed by atoms with van der Waals surface area (Å²) in [7, 11) is 0. The van der Waals surface area contributed by atoms with Gasteiger partial charge in [-0.1, -0.05) is 152 Å². The fraction of sp³-hybridized carbons (Fsp3) is 0. The molecule has 9 aromatic carbocycles. The fourth-order valence-electron chi connectivity index (χ4n) is 8.16. The molecule has 0 bridgehead atoms. The van der Waals surface area contributed by atoms with Crippen LogP contribution in [0.25, 0.3) is 84.5 Å². The smallest absolute Gasteiger partial charge is 0.0640 e. The summed E-state index contributed by atoms with van der Waals surface area (Å²) in [6, 6.07) is 73.4. The maximum Gasteiger partial charge on any atom is 0.0640 e. The molecule has 0 saturated carbocycles. The highest BCUT2D eigenvalue weighted by molar-refractivity contribution is 7.26. The van der Waals surface area contributed by atoms with Crippen LogP contribution in [0.4, 0.5) is 17.1 Å². The molecule has 0 radical (unpaired) electrons. The van der Waals surface area contributed by atoms with Gasteiger partial charge in [-0.25, -0.2) is 0 Å². The number of hydrogen-bond acceptors (Lipinski definition) is 3. The molecule has 11 rings (SSSR count). The minimum atomic E-state index is 1.13. The highest BCUT2D eigenvalue weighted by Gasteiger charge is 2.21. The molecule has 11 aromatic rings. The summed E-state index contributed by atoms with van der Waals surface area (Å²) in [5.74, 6) is 0. The Hall–Kier alpha value is -6.52. The SMILES string of the molecule is c1ccc(-c2ccc(N(c3ccc(-c4ccc(-c5ccc6ccccc6c5)cc4)cc3)c3ccc4c(c3)sc3ccccc34)c3sc4ccccc4c23)cc1. The van der Waals surface area contributed by atoms with Gasteiger partial charge in [0, 0.05) is 47.0 Å². The number of anilines is 3. The van der Waals surface area contributed by atoms with E-state index in [1.807, 2.05) is 22.7 Å². The van der Waals surface area contributed by atoms with Gasteiger partial charge in [0.2, 0.25) is 0 Å². The molecule has 0 fully saturated rings. The van der Waals surface area contributed by atoms with E-state index in [4.69, 9.17) is 0 Å². The lowest BCUT2D eigenvalue weighted by Crippen LogP contribution is -2.10. The highest BCUT2D eigenvalue weighted by Crippen LogP contribution is 2.49. The van der Waals surface area contributed by atoms with Crippen molar-refractivity contribution in [3.8, 4) is 33.4 Å². The van der Waals surface area contributed by atoms with Crippen molar-refractivity contribution in [3.63, 3.8) is 0 Å². The van der Waals surface area contributed by atoms with Crippen LogP contribution in [0.2, 0.25) is 0 Å². The molecule has 2 heterocycles. The molecule has 0 aliphatic rings. The van der Waals surface area contributed by atoms with E-state index in [-0.39, 0.29) is 0 Å². The average Bonchev–Trinajstić information content (AvgIpc) is 3.83. The van der Waals surface area contributed by atoms with E-state index in [9.17, 15) is 0 Å². The third kappa shape index (κ3) is 5.51. The van der Waals surface area contributed by atoms with E-state index in [2.05, 4.69) is 205 Å². The van der Waals surface area contributed by atoms with Crippen LogP contribution in [0.15, 0.2) is 200 Å². The van der Waals surface area contributed by atoms with E-state index in [0.29, 0.717) is 0 Å². The third-order valence-electron chi connectivity index (χ3n) is 10.9. The second-order valence-electron chi connectivity index (χ2n) is 14.1. The molecule has 55 heavy (non-hydrogen) atoms. The zero-order valence-electron chi connectivity index (χ0n) is 29.8. The van der Waals surface area contributed by atoms with E-state index in [0.717, 1.165) is 11.4 Å². The Bertz CT molecular complexity index is 3190. The number of rotatable bonds is 6. The second-order valence-corrected chi connectivity index (χ2v) is 16.2. The van der Waals surface area contributed by atoms with Gasteiger partial charge in [0.25, 0.3) is 0 Å². The van der Waals surface area contributed by atoms with Gasteiger partial charge >= 0.3 is 0 Å². The molecule has 3 heteroatoms. The predicted molar refractivity (Wildman–Crippen MR) is 241 cm³/mol. The third-order valence-corrected chi connectivity index (χ3v) is 13.2. The van der Waals surface area contributed by atoms with Crippen LogP contribution in [0.1, 0.15) is 0 Å². The molecule has 2 aromatic heterocycles. The van der Waals surface area contributed by atoms with E-state index < -0.39 is 0 Å². The van der Waals surface area contributed by atoms with Crippen molar-refractivity contribution >= 4 is 90.9 Å². The van der Waals surface area contributed by atoms with Crippen LogP contribution in [-0.2, 0) is 0 Å². The summed E-state index contributed by atoms with van der Waals surface area (Å²) in [6.45, 7) is 0. The van der Waals surface area contributed by atoms with Gasteiger partial charge in [0.1, 0.15) is 0 Å². The van der Waals surface area contributed by atoms with Gasteiger partial charge in [0.05, 0.1) is 10.4 Å². The molecule has 0 amide bonds. The van der Waals surface area contributed by atoms with E-state index in [1.54, 1.807) is 0 Å². The average molecular weight is 736 g/mol. The van der Waals surface area contributed by atoms with E-state index >= 15 is 0 Å². The molecule has 258 valence electrons. The summed E-state index contributed by atoms with van der Waals surface area (Å²) < 4.78 is 5.19. The Balaban J connectivity index is 1.05. The lowest BCUT2D eigenvalue weighted by molar-refractivity contribution is 1.31. The number of nitrogens with zero attached hydrogens (tertiary/aromatic N) is 1. The van der Waals surface area contributed by atoms with Crippen molar-refractivity contribution in [1.82, 2.24) is 0 Å². The van der Waals surface area contributed by atoms with Crippen molar-refractivity contribution in [1.29, 1.82) is 0 Å². The van der Waals surface area contributed by atoms with Gasteiger partial charge in [-0.2, -0.15) is 0 Å². The van der Waals surface area contributed by atoms with Crippen molar-refractivity contribution in [2.75, 3.05) is 4.90 Å². The minimum absolute atomic E-state index is 1.13. The van der Waals surface area contributed by atoms with Gasteiger partial charge in [-0.3, -0.25) is 0 Å². The van der Waals surface area contributed by atoms with Crippen molar-refractivity contribution in [3.05, 3.63) is 200 Å². The zero-order chi connectivity index (χ0) is 36.3. The number of fused-ring (bicyclic) bond motifs is 7. The van der Waals surface area contributed by atoms with Crippen molar-refractivity contribution in [2.45, 2.75) is 0 Å². The standard InChI is InChI=1S/C52H33NS2/c1-2-11-38(12-3-1)43-30-31-47(52-51(43)46-15-7-9-17-49(46)55-52)53(42-28-29-45-44-14-6-8-16-48(44)54-50(45)33-42)41-26-24-36(25-27-41)35-18-20-37(21-19-35)40-23-22-34-10-4-5-13-39(34)32-40/h1-33H. The molecule has 0 atom stereocenters. The minimum Gasteiger partial charge on any atom is -0.309 e. The quantitative estimate of drug-likeness (QED) is 0.164. The first-order chi connectivity index (χ1) is 27.2. The normalized spacial score (nSPS) is 11.6. The summed E-state index contributed by atoms with van der Waals surface area (Å²) in [4.78, 5) is 2.46. The molecule has 0 aliphatic heterocycles. The Kier molecular flexibility index (Phi) is 7.61. The zero-order valence-corrected chi connectivity index (χ0v) is 31.4.